The Bertz CT molecular complexity index is 1270. The van der Waals surface area contributed by atoms with Crippen LogP contribution in [-0.4, -0.2) is 27.6 Å². The van der Waals surface area contributed by atoms with Gasteiger partial charge >= 0.3 is 5.16 Å². The monoisotopic (exact) mass is 477 g/mol. The Kier molecular flexibility index (Phi) is 7.07. The molecule has 166 valence electrons. The van der Waals surface area contributed by atoms with E-state index in [4.69, 9.17) is 11.6 Å². The summed E-state index contributed by atoms with van der Waals surface area (Å²) in [5.74, 6) is 0.557. The number of carbonyl (C=O) groups is 1. The molecule has 2 N–H and O–H groups in total. The molecule has 1 heterocycles. The molecule has 3 aromatic carbocycles. The first-order valence-corrected chi connectivity index (χ1v) is 11.4. The second kappa shape index (κ2) is 10.3. The number of nitrogens with zero attached hydrogens (tertiary/aromatic N) is 3. The lowest BCUT2D eigenvalue weighted by Gasteiger charge is -2.06. The first kappa shape index (κ1) is 22.6. The number of rotatable bonds is 7. The molecule has 0 bridgehead atoms. The molecule has 7 nitrogen and oxygen atoms in total. The van der Waals surface area contributed by atoms with Gasteiger partial charge in [-0.3, -0.25) is 4.79 Å². The number of hydrogen-bond acceptors (Lipinski definition) is 5. The van der Waals surface area contributed by atoms with Crippen molar-refractivity contribution in [3.05, 3.63) is 89.4 Å². The zero-order valence-corrected chi connectivity index (χ0v) is 19.2. The van der Waals surface area contributed by atoms with Crippen molar-refractivity contribution in [1.82, 2.24) is 15.6 Å². The van der Waals surface area contributed by atoms with E-state index in [2.05, 4.69) is 20.7 Å². The molecule has 4 aromatic rings. The number of thioether (sulfide) groups is 1. The fourth-order valence-corrected chi connectivity index (χ4v) is 3.97. The molecular weight excluding hydrogens is 458 g/mol. The van der Waals surface area contributed by atoms with Crippen molar-refractivity contribution in [1.29, 1.82) is 0 Å². The van der Waals surface area contributed by atoms with Crippen molar-refractivity contribution < 1.29 is 14.5 Å². The lowest BCUT2D eigenvalue weighted by Crippen LogP contribution is -2.34. The third kappa shape index (κ3) is 5.60. The lowest BCUT2D eigenvalue weighted by molar-refractivity contribution is -0.625. The maximum atomic E-state index is 12.4. The van der Waals surface area contributed by atoms with E-state index in [0.717, 1.165) is 22.6 Å². The number of hydrazone groups is 1. The summed E-state index contributed by atoms with van der Waals surface area (Å²) in [6.45, 7) is 1.77. The molecule has 0 fully saturated rings. The molecule has 1 amide bonds. The SMILES string of the molecule is CC(=NNC(=O)CSc1n[nH]c(-c2ccccc2)[n+]1-c1ccc(Cl)cc1)c1ccc([O-])cc1. The Balaban J connectivity index is 1.51. The number of aromatic nitrogens is 3. The van der Waals surface area contributed by atoms with Gasteiger partial charge in [-0.25, -0.2) is 5.43 Å². The Hall–Kier alpha value is -3.62. The van der Waals surface area contributed by atoms with Crippen LogP contribution in [0.2, 0.25) is 5.02 Å². The molecule has 0 aliphatic carbocycles. The van der Waals surface area contributed by atoms with E-state index in [1.165, 1.54) is 23.9 Å². The maximum Gasteiger partial charge on any atom is 0.342 e. The molecule has 0 atom stereocenters. The highest BCUT2D eigenvalue weighted by molar-refractivity contribution is 7.99. The summed E-state index contributed by atoms with van der Waals surface area (Å²) in [7, 11) is 0. The average molecular weight is 478 g/mol. The minimum Gasteiger partial charge on any atom is -0.872 e. The molecule has 1 aromatic heterocycles. The number of hydrogen-bond donors (Lipinski definition) is 2. The van der Waals surface area contributed by atoms with Gasteiger partial charge in [-0.15, -0.1) is 10.8 Å². The summed E-state index contributed by atoms with van der Waals surface area (Å²) in [4.78, 5) is 12.4. The second-order valence-corrected chi connectivity index (χ2v) is 8.46. The normalized spacial score (nSPS) is 11.4. The van der Waals surface area contributed by atoms with Gasteiger partial charge in [0.1, 0.15) is 5.69 Å². The van der Waals surface area contributed by atoms with Gasteiger partial charge < -0.3 is 5.11 Å². The van der Waals surface area contributed by atoms with Crippen LogP contribution in [0.1, 0.15) is 12.5 Å². The van der Waals surface area contributed by atoms with Gasteiger partial charge in [0.2, 0.25) is 0 Å². The van der Waals surface area contributed by atoms with Crippen LogP contribution in [0.15, 0.2) is 89.1 Å². The van der Waals surface area contributed by atoms with Gasteiger partial charge in [-0.1, -0.05) is 54.1 Å². The van der Waals surface area contributed by atoms with Crippen LogP contribution in [0.25, 0.3) is 17.1 Å². The van der Waals surface area contributed by atoms with E-state index in [9.17, 15) is 9.90 Å². The quantitative estimate of drug-likeness (QED) is 0.183. The smallest absolute Gasteiger partial charge is 0.342 e. The summed E-state index contributed by atoms with van der Waals surface area (Å²) in [5, 5.41) is 24.1. The van der Waals surface area contributed by atoms with Crippen molar-refractivity contribution in [3.63, 3.8) is 0 Å². The van der Waals surface area contributed by atoms with Crippen LogP contribution in [-0.2, 0) is 4.79 Å². The second-order valence-electron chi connectivity index (χ2n) is 7.08. The van der Waals surface area contributed by atoms with Gasteiger partial charge in [0, 0.05) is 5.02 Å². The molecule has 0 aliphatic rings. The third-order valence-electron chi connectivity index (χ3n) is 4.76. The molecule has 0 saturated heterocycles. The highest BCUT2D eigenvalue weighted by Gasteiger charge is 2.24. The van der Waals surface area contributed by atoms with Crippen molar-refractivity contribution in [2.45, 2.75) is 12.1 Å². The van der Waals surface area contributed by atoms with E-state index >= 15 is 0 Å². The number of nitrogens with one attached hydrogen (secondary N) is 2. The first-order chi connectivity index (χ1) is 16.0. The topological polar surface area (TPSA) is 97.1 Å². The number of carbonyl (C=O) groups excluding carboxylic acids is 1. The molecule has 33 heavy (non-hydrogen) atoms. The minimum absolute atomic E-state index is 0.0742. The van der Waals surface area contributed by atoms with Gasteiger partial charge in [-0.05, 0) is 60.6 Å². The van der Waals surface area contributed by atoms with Gasteiger partial charge in [0.25, 0.3) is 11.7 Å². The van der Waals surface area contributed by atoms with Crippen molar-refractivity contribution in [2.75, 3.05) is 5.75 Å². The van der Waals surface area contributed by atoms with Crippen LogP contribution in [0, 0.1) is 0 Å². The molecule has 4 rings (SSSR count). The Morgan fingerprint density at radius 1 is 1.09 bits per heavy atom. The largest absolute Gasteiger partial charge is 0.872 e. The molecular formula is C24H20ClN5O2S. The van der Waals surface area contributed by atoms with Crippen LogP contribution >= 0.6 is 23.4 Å². The highest BCUT2D eigenvalue weighted by atomic mass is 35.5. The van der Waals surface area contributed by atoms with E-state index < -0.39 is 0 Å². The number of aromatic amines is 1. The highest BCUT2D eigenvalue weighted by Crippen LogP contribution is 2.21. The number of halogens is 1. The maximum absolute atomic E-state index is 12.4. The molecule has 0 radical (unpaired) electrons. The predicted octanol–water partition coefficient (Wildman–Crippen LogP) is 3.71. The van der Waals surface area contributed by atoms with Crippen LogP contribution in [0.3, 0.4) is 0 Å². The Morgan fingerprint density at radius 3 is 2.48 bits per heavy atom. The van der Waals surface area contributed by atoms with Crippen LogP contribution in [0.4, 0.5) is 0 Å². The summed E-state index contributed by atoms with van der Waals surface area (Å²) in [6.07, 6.45) is 0. The van der Waals surface area contributed by atoms with E-state index in [1.54, 1.807) is 19.1 Å². The van der Waals surface area contributed by atoms with E-state index in [1.807, 2.05) is 59.2 Å². The molecule has 9 heteroatoms. The van der Waals surface area contributed by atoms with Gasteiger partial charge in [0.15, 0.2) is 0 Å². The van der Waals surface area contributed by atoms with Crippen LogP contribution in [0.5, 0.6) is 5.75 Å². The summed E-state index contributed by atoms with van der Waals surface area (Å²) < 4.78 is 1.95. The molecule has 0 unspecified atom stereocenters. The summed E-state index contributed by atoms with van der Waals surface area (Å²) in [6, 6.07) is 23.5. The lowest BCUT2D eigenvalue weighted by atomic mass is 10.1. The first-order valence-electron chi connectivity index (χ1n) is 10.1. The predicted molar refractivity (Wildman–Crippen MR) is 128 cm³/mol. The summed E-state index contributed by atoms with van der Waals surface area (Å²) in [5.41, 5.74) is 5.76. The summed E-state index contributed by atoms with van der Waals surface area (Å²) >= 11 is 7.35. The number of benzene rings is 3. The molecule has 0 aliphatic heterocycles. The van der Waals surface area contributed by atoms with Crippen molar-refractivity contribution in [3.8, 4) is 22.8 Å². The van der Waals surface area contributed by atoms with Crippen LogP contribution < -0.4 is 15.1 Å². The fraction of sp³-hybridized carbons (Fsp3) is 0.0833. The Labute approximate surface area is 200 Å². The fourth-order valence-electron chi connectivity index (χ4n) is 3.08. The zero-order valence-electron chi connectivity index (χ0n) is 17.7. The molecule has 0 spiro atoms. The number of H-pyrrole nitrogens is 1. The van der Waals surface area contributed by atoms with Crippen molar-refractivity contribution >= 4 is 35.0 Å². The third-order valence-corrected chi connectivity index (χ3v) is 5.95. The average Bonchev–Trinajstić information content (AvgIpc) is 3.26. The van der Waals surface area contributed by atoms with E-state index in [0.29, 0.717) is 15.9 Å². The van der Waals surface area contributed by atoms with E-state index in [-0.39, 0.29) is 17.4 Å². The van der Waals surface area contributed by atoms with Gasteiger partial charge in [-0.2, -0.15) is 9.67 Å². The minimum atomic E-state index is -0.272. The number of amides is 1. The standard InChI is InChI=1S/C24H20ClN5O2S/c1-16(17-7-13-21(31)14-8-17)26-27-22(32)15-33-24-29-28-23(18-5-3-2-4-6-18)30(24)20-11-9-19(25)10-12-20/h2-14H,15H2,1H3,(H2,26,27,31,32). The van der Waals surface area contributed by atoms with Gasteiger partial charge in [0.05, 0.1) is 22.1 Å². The van der Waals surface area contributed by atoms with Crippen molar-refractivity contribution in [2.24, 2.45) is 5.10 Å². The zero-order chi connectivity index (χ0) is 23.2. The Morgan fingerprint density at radius 2 is 1.79 bits per heavy atom. The molecule has 0 saturated carbocycles.